The van der Waals surface area contributed by atoms with Gasteiger partial charge in [-0.2, -0.15) is 0 Å². The van der Waals surface area contributed by atoms with Gasteiger partial charge in [-0.15, -0.1) is 0 Å². The molecule has 0 spiro atoms. The zero-order valence-corrected chi connectivity index (χ0v) is 16.4. The first-order valence-corrected chi connectivity index (χ1v) is 9.15. The third kappa shape index (κ3) is 3.78. The molecule has 0 bridgehead atoms. The second-order valence-corrected chi connectivity index (χ2v) is 6.93. The first-order valence-electron chi connectivity index (χ1n) is 8.77. The van der Waals surface area contributed by atoms with Gasteiger partial charge < -0.3 is 10.1 Å². The highest BCUT2D eigenvalue weighted by atomic mass is 35.5. The second-order valence-electron chi connectivity index (χ2n) is 6.49. The van der Waals surface area contributed by atoms with Gasteiger partial charge in [0, 0.05) is 5.02 Å². The molecule has 0 heterocycles. The van der Waals surface area contributed by atoms with E-state index >= 15 is 0 Å². The SMILES string of the molecule is COC(=O)c1cc(Cl)ccc1NC(=O)C(C)(c1ccccc1)c1ccccc1. The summed E-state index contributed by atoms with van der Waals surface area (Å²) in [5, 5.41) is 3.27. The molecule has 0 radical (unpaired) electrons. The summed E-state index contributed by atoms with van der Waals surface area (Å²) in [4.78, 5) is 25.6. The molecule has 0 atom stereocenters. The Morgan fingerprint density at radius 2 is 1.43 bits per heavy atom. The molecular weight excluding hydrogens is 374 g/mol. The van der Waals surface area contributed by atoms with E-state index < -0.39 is 11.4 Å². The fraction of sp³-hybridized carbons (Fsp3) is 0.130. The molecule has 28 heavy (non-hydrogen) atoms. The molecule has 0 fully saturated rings. The van der Waals surface area contributed by atoms with E-state index in [4.69, 9.17) is 16.3 Å². The van der Waals surface area contributed by atoms with Gasteiger partial charge in [0.05, 0.1) is 23.8 Å². The third-order valence-electron chi connectivity index (χ3n) is 4.79. The Kier molecular flexibility index (Phi) is 5.81. The number of anilines is 1. The molecule has 1 amide bonds. The summed E-state index contributed by atoms with van der Waals surface area (Å²) in [6.45, 7) is 1.86. The van der Waals surface area contributed by atoms with Gasteiger partial charge in [-0.1, -0.05) is 72.3 Å². The smallest absolute Gasteiger partial charge is 0.340 e. The number of hydrogen-bond donors (Lipinski definition) is 1. The minimum atomic E-state index is -0.963. The van der Waals surface area contributed by atoms with Crippen molar-refractivity contribution >= 4 is 29.2 Å². The Hall–Kier alpha value is -3.11. The molecule has 0 aliphatic carbocycles. The van der Waals surface area contributed by atoms with Crippen molar-refractivity contribution in [2.75, 3.05) is 12.4 Å². The van der Waals surface area contributed by atoms with Crippen molar-refractivity contribution in [3.63, 3.8) is 0 Å². The first-order chi connectivity index (χ1) is 13.5. The zero-order valence-electron chi connectivity index (χ0n) is 15.6. The Balaban J connectivity index is 2.07. The number of ether oxygens (including phenoxy) is 1. The number of halogens is 1. The van der Waals surface area contributed by atoms with Crippen LogP contribution in [0, 0.1) is 0 Å². The van der Waals surface area contributed by atoms with Crippen molar-refractivity contribution in [2.24, 2.45) is 0 Å². The normalized spacial score (nSPS) is 11.0. The topological polar surface area (TPSA) is 55.4 Å². The van der Waals surface area contributed by atoms with Crippen LogP contribution in [0.25, 0.3) is 0 Å². The highest BCUT2D eigenvalue weighted by Crippen LogP contribution is 2.34. The molecule has 3 aromatic rings. The van der Waals surface area contributed by atoms with Crippen LogP contribution in [-0.4, -0.2) is 19.0 Å². The molecule has 0 aromatic heterocycles. The van der Waals surface area contributed by atoms with E-state index in [0.717, 1.165) is 11.1 Å². The van der Waals surface area contributed by atoms with Gasteiger partial charge in [-0.05, 0) is 36.2 Å². The number of rotatable bonds is 5. The number of amides is 1. The van der Waals surface area contributed by atoms with E-state index in [1.54, 1.807) is 12.1 Å². The fourth-order valence-corrected chi connectivity index (χ4v) is 3.30. The molecule has 0 aliphatic heterocycles. The first kappa shape index (κ1) is 19.6. The Morgan fingerprint density at radius 3 is 1.93 bits per heavy atom. The lowest BCUT2D eigenvalue weighted by atomic mass is 9.75. The van der Waals surface area contributed by atoms with E-state index in [0.29, 0.717) is 10.7 Å². The van der Waals surface area contributed by atoms with Crippen LogP contribution in [0.5, 0.6) is 0 Å². The summed E-state index contributed by atoms with van der Waals surface area (Å²) in [6.07, 6.45) is 0. The number of nitrogens with one attached hydrogen (secondary N) is 1. The fourth-order valence-electron chi connectivity index (χ4n) is 3.12. The molecule has 5 heteroatoms. The molecule has 0 aliphatic rings. The van der Waals surface area contributed by atoms with Gasteiger partial charge in [0.1, 0.15) is 0 Å². The summed E-state index contributed by atoms with van der Waals surface area (Å²) in [5.41, 5.74) is 1.26. The van der Waals surface area contributed by atoms with Crippen LogP contribution in [0.2, 0.25) is 5.02 Å². The van der Waals surface area contributed by atoms with E-state index in [9.17, 15) is 9.59 Å². The summed E-state index contributed by atoms with van der Waals surface area (Å²) < 4.78 is 4.82. The molecule has 3 aromatic carbocycles. The van der Waals surface area contributed by atoms with Gasteiger partial charge >= 0.3 is 5.97 Å². The number of esters is 1. The lowest BCUT2D eigenvalue weighted by molar-refractivity contribution is -0.119. The van der Waals surface area contributed by atoms with Gasteiger partial charge in [0.15, 0.2) is 0 Å². The Bertz CT molecular complexity index is 948. The maximum atomic E-state index is 13.5. The standard InChI is InChI=1S/C23H20ClNO3/c1-23(16-9-5-3-6-10-16,17-11-7-4-8-12-17)22(27)25-20-14-13-18(24)15-19(20)21(26)28-2/h3-15H,1-2H3,(H,25,27). The average molecular weight is 394 g/mol. The number of hydrogen-bond acceptors (Lipinski definition) is 3. The maximum Gasteiger partial charge on any atom is 0.340 e. The Labute approximate surface area is 169 Å². The van der Waals surface area contributed by atoms with Gasteiger partial charge in [0.2, 0.25) is 5.91 Å². The third-order valence-corrected chi connectivity index (χ3v) is 5.03. The predicted octanol–water partition coefficient (Wildman–Crippen LogP) is 5.07. The van der Waals surface area contributed by atoms with Crippen molar-refractivity contribution in [2.45, 2.75) is 12.3 Å². The van der Waals surface area contributed by atoms with Crippen molar-refractivity contribution in [3.05, 3.63) is 101 Å². The highest BCUT2D eigenvalue weighted by Gasteiger charge is 2.37. The molecule has 1 N–H and O–H groups in total. The van der Waals surface area contributed by atoms with Gasteiger partial charge in [-0.25, -0.2) is 4.79 Å². The molecule has 0 saturated carbocycles. The molecule has 3 rings (SSSR count). The quantitative estimate of drug-likeness (QED) is 0.615. The van der Waals surface area contributed by atoms with Gasteiger partial charge in [0.25, 0.3) is 0 Å². The number of carbonyl (C=O) groups excluding carboxylic acids is 2. The van der Waals surface area contributed by atoms with Crippen LogP contribution in [0.1, 0.15) is 28.4 Å². The minimum absolute atomic E-state index is 0.201. The lowest BCUT2D eigenvalue weighted by Gasteiger charge is -2.30. The van der Waals surface area contributed by atoms with Crippen molar-refractivity contribution < 1.29 is 14.3 Å². The average Bonchev–Trinajstić information content (AvgIpc) is 2.75. The van der Waals surface area contributed by atoms with Crippen molar-refractivity contribution in [1.29, 1.82) is 0 Å². The maximum absolute atomic E-state index is 13.5. The second kappa shape index (κ2) is 8.28. The van der Waals surface area contributed by atoms with Crippen LogP contribution in [-0.2, 0) is 14.9 Å². The number of carbonyl (C=O) groups is 2. The van der Waals surface area contributed by atoms with Crippen molar-refractivity contribution in [1.82, 2.24) is 0 Å². The summed E-state index contributed by atoms with van der Waals surface area (Å²) in [7, 11) is 1.28. The summed E-state index contributed by atoms with van der Waals surface area (Å²) in [6, 6.07) is 23.7. The molecule has 0 saturated heterocycles. The molecule has 142 valence electrons. The highest BCUT2D eigenvalue weighted by molar-refractivity contribution is 6.31. The van der Waals surface area contributed by atoms with Crippen LogP contribution >= 0.6 is 11.6 Å². The molecule has 0 unspecified atom stereocenters. The van der Waals surface area contributed by atoms with Gasteiger partial charge in [-0.3, -0.25) is 4.79 Å². The van der Waals surface area contributed by atoms with E-state index in [2.05, 4.69) is 5.32 Å². The zero-order chi connectivity index (χ0) is 20.1. The van der Waals surface area contributed by atoms with E-state index in [-0.39, 0.29) is 11.5 Å². The number of methoxy groups -OCH3 is 1. The largest absolute Gasteiger partial charge is 0.465 e. The van der Waals surface area contributed by atoms with Crippen LogP contribution in [0.15, 0.2) is 78.9 Å². The predicted molar refractivity (Wildman–Crippen MR) is 111 cm³/mol. The monoisotopic (exact) mass is 393 g/mol. The van der Waals surface area contributed by atoms with Crippen molar-refractivity contribution in [3.8, 4) is 0 Å². The Morgan fingerprint density at radius 1 is 0.893 bits per heavy atom. The minimum Gasteiger partial charge on any atom is -0.465 e. The van der Waals surface area contributed by atoms with Crippen LogP contribution in [0.3, 0.4) is 0 Å². The van der Waals surface area contributed by atoms with E-state index in [1.165, 1.54) is 13.2 Å². The van der Waals surface area contributed by atoms with Crippen LogP contribution in [0.4, 0.5) is 5.69 Å². The van der Waals surface area contributed by atoms with E-state index in [1.807, 2.05) is 67.6 Å². The number of benzene rings is 3. The molecule has 4 nitrogen and oxygen atoms in total. The molecular formula is C23H20ClNO3. The summed E-state index contributed by atoms with van der Waals surface area (Å²) in [5.74, 6) is -0.837. The lowest BCUT2D eigenvalue weighted by Crippen LogP contribution is -2.39. The van der Waals surface area contributed by atoms with Crippen LogP contribution < -0.4 is 5.32 Å². The summed E-state index contributed by atoms with van der Waals surface area (Å²) >= 11 is 6.02.